The Labute approximate surface area is 141 Å². The fourth-order valence-corrected chi connectivity index (χ4v) is 2.79. The zero-order valence-electron chi connectivity index (χ0n) is 12.0. The first kappa shape index (κ1) is 15.5. The number of hydrogen-bond donors (Lipinski definition) is 0. The summed E-state index contributed by atoms with van der Waals surface area (Å²) in [4.78, 5) is 14.0. The summed E-state index contributed by atoms with van der Waals surface area (Å²) >= 11 is 3.18. The van der Waals surface area contributed by atoms with Crippen molar-refractivity contribution in [3.63, 3.8) is 0 Å². The first-order chi connectivity index (χ1) is 11.1. The predicted molar refractivity (Wildman–Crippen MR) is 86.6 cm³/mol. The lowest BCUT2D eigenvalue weighted by Crippen LogP contribution is -2.32. The molecule has 1 fully saturated rings. The molecule has 6 heteroatoms. The largest absolute Gasteiger partial charge is 0.477 e. The molecular formula is C17H12BrFN2O2. The highest BCUT2D eigenvalue weighted by atomic mass is 79.9. The van der Waals surface area contributed by atoms with Gasteiger partial charge in [0.05, 0.1) is 11.6 Å². The molecule has 2 aromatic rings. The Morgan fingerprint density at radius 1 is 1.26 bits per heavy atom. The topological polar surface area (TPSA) is 53.3 Å². The zero-order valence-corrected chi connectivity index (χ0v) is 13.6. The second-order valence-corrected chi connectivity index (χ2v) is 6.03. The average Bonchev–Trinajstić information content (AvgIpc) is 2.91. The predicted octanol–water partition coefficient (Wildman–Crippen LogP) is 3.64. The van der Waals surface area contributed by atoms with Gasteiger partial charge in [0.2, 0.25) is 0 Å². The highest BCUT2D eigenvalue weighted by Gasteiger charge is 2.34. The highest BCUT2D eigenvalue weighted by molar-refractivity contribution is 9.10. The molecule has 1 aliphatic rings. The normalized spacial score (nSPS) is 17.2. The average molecular weight is 375 g/mol. The minimum Gasteiger partial charge on any atom is -0.477 e. The van der Waals surface area contributed by atoms with E-state index >= 15 is 0 Å². The third-order valence-electron chi connectivity index (χ3n) is 3.63. The van der Waals surface area contributed by atoms with Crippen molar-refractivity contribution in [2.45, 2.75) is 12.5 Å². The van der Waals surface area contributed by atoms with Crippen LogP contribution < -0.4 is 9.64 Å². The van der Waals surface area contributed by atoms with Gasteiger partial charge in [-0.3, -0.25) is 4.79 Å². The summed E-state index contributed by atoms with van der Waals surface area (Å²) < 4.78 is 20.0. The lowest BCUT2D eigenvalue weighted by Gasteiger charge is -2.17. The van der Waals surface area contributed by atoms with Crippen LogP contribution in [0.25, 0.3) is 0 Å². The minimum atomic E-state index is -0.707. The number of ether oxygens (including phenoxy) is 1. The van der Waals surface area contributed by atoms with E-state index in [-0.39, 0.29) is 11.7 Å². The van der Waals surface area contributed by atoms with Gasteiger partial charge in [-0.2, -0.15) is 5.26 Å². The van der Waals surface area contributed by atoms with Gasteiger partial charge >= 0.3 is 0 Å². The van der Waals surface area contributed by atoms with E-state index < -0.39 is 11.9 Å². The van der Waals surface area contributed by atoms with Gasteiger partial charge in [0.15, 0.2) is 17.7 Å². The zero-order chi connectivity index (χ0) is 16.4. The van der Waals surface area contributed by atoms with Crippen LogP contribution in [-0.2, 0) is 4.79 Å². The van der Waals surface area contributed by atoms with Crippen LogP contribution in [0.4, 0.5) is 10.1 Å². The third-order valence-corrected chi connectivity index (χ3v) is 4.12. The lowest BCUT2D eigenvalue weighted by atomic mass is 10.2. The first-order valence-electron chi connectivity index (χ1n) is 7.02. The fourth-order valence-electron chi connectivity index (χ4n) is 2.46. The SMILES string of the molecule is N#Cc1ccc(N2CC[C@@H](Oc3ccc(Br)cc3F)C2=O)cc1. The van der Waals surface area contributed by atoms with Crippen molar-refractivity contribution in [1.82, 2.24) is 0 Å². The van der Waals surface area contributed by atoms with Crippen LogP contribution >= 0.6 is 15.9 Å². The van der Waals surface area contributed by atoms with Gasteiger partial charge < -0.3 is 9.64 Å². The maximum Gasteiger partial charge on any atom is 0.268 e. The fraction of sp³-hybridized carbons (Fsp3) is 0.176. The Hall–Kier alpha value is -2.39. The molecule has 0 unspecified atom stereocenters. The van der Waals surface area contributed by atoms with Crippen LogP contribution in [0.2, 0.25) is 0 Å². The Kier molecular flexibility index (Phi) is 4.30. The number of halogens is 2. The number of carbonyl (C=O) groups is 1. The van der Waals surface area contributed by atoms with E-state index in [4.69, 9.17) is 10.00 Å². The Bertz CT molecular complexity index is 786. The third kappa shape index (κ3) is 3.20. The van der Waals surface area contributed by atoms with Gasteiger partial charge in [0, 0.05) is 23.1 Å². The quantitative estimate of drug-likeness (QED) is 0.823. The Morgan fingerprint density at radius 3 is 2.65 bits per heavy atom. The van der Waals surface area contributed by atoms with Crippen LogP contribution in [0.3, 0.4) is 0 Å². The van der Waals surface area contributed by atoms with Crippen LogP contribution in [-0.4, -0.2) is 18.6 Å². The van der Waals surface area contributed by atoms with E-state index in [2.05, 4.69) is 15.9 Å². The van der Waals surface area contributed by atoms with Gasteiger partial charge in [-0.1, -0.05) is 15.9 Å². The highest BCUT2D eigenvalue weighted by Crippen LogP contribution is 2.27. The number of amides is 1. The number of benzene rings is 2. The molecule has 4 nitrogen and oxygen atoms in total. The molecule has 1 heterocycles. The molecule has 1 atom stereocenters. The van der Waals surface area contributed by atoms with E-state index in [1.165, 1.54) is 12.1 Å². The van der Waals surface area contributed by atoms with E-state index in [0.717, 1.165) is 0 Å². The molecule has 1 aliphatic heterocycles. The molecule has 0 radical (unpaired) electrons. The number of nitriles is 1. The van der Waals surface area contributed by atoms with Crippen molar-refractivity contribution >= 4 is 27.5 Å². The summed E-state index contributed by atoms with van der Waals surface area (Å²) in [5, 5.41) is 8.81. The molecule has 0 bridgehead atoms. The van der Waals surface area contributed by atoms with Crippen molar-refractivity contribution in [1.29, 1.82) is 5.26 Å². The molecule has 0 spiro atoms. The second-order valence-electron chi connectivity index (χ2n) is 5.12. The molecule has 0 aliphatic carbocycles. The van der Waals surface area contributed by atoms with Crippen molar-refractivity contribution in [2.24, 2.45) is 0 Å². The lowest BCUT2D eigenvalue weighted by molar-refractivity contribution is -0.122. The molecule has 0 aromatic heterocycles. The van der Waals surface area contributed by atoms with Crippen LogP contribution in [0.1, 0.15) is 12.0 Å². The number of rotatable bonds is 3. The van der Waals surface area contributed by atoms with Crippen molar-refractivity contribution in [2.75, 3.05) is 11.4 Å². The second kappa shape index (κ2) is 6.39. The number of nitrogens with zero attached hydrogens (tertiary/aromatic N) is 2. The van der Waals surface area contributed by atoms with Gasteiger partial charge in [0.1, 0.15) is 0 Å². The molecule has 116 valence electrons. The van der Waals surface area contributed by atoms with E-state index in [1.807, 2.05) is 6.07 Å². The smallest absolute Gasteiger partial charge is 0.268 e. The van der Waals surface area contributed by atoms with Gasteiger partial charge in [-0.25, -0.2) is 4.39 Å². The van der Waals surface area contributed by atoms with Crippen molar-refractivity contribution in [3.8, 4) is 11.8 Å². The number of anilines is 1. The Balaban J connectivity index is 1.74. The molecule has 3 rings (SSSR count). The van der Waals surface area contributed by atoms with E-state index in [1.54, 1.807) is 35.2 Å². The minimum absolute atomic E-state index is 0.0632. The molecule has 2 aromatic carbocycles. The molecule has 0 N–H and O–H groups in total. The van der Waals surface area contributed by atoms with E-state index in [0.29, 0.717) is 28.7 Å². The van der Waals surface area contributed by atoms with Crippen LogP contribution in [0, 0.1) is 17.1 Å². The summed E-state index contributed by atoms with van der Waals surface area (Å²) in [7, 11) is 0. The van der Waals surface area contributed by atoms with Gasteiger partial charge in [-0.05, 0) is 42.5 Å². The maximum atomic E-state index is 13.8. The van der Waals surface area contributed by atoms with Crippen LogP contribution in [0.15, 0.2) is 46.9 Å². The van der Waals surface area contributed by atoms with Crippen LogP contribution in [0.5, 0.6) is 5.75 Å². The van der Waals surface area contributed by atoms with Gasteiger partial charge in [0.25, 0.3) is 5.91 Å². The first-order valence-corrected chi connectivity index (χ1v) is 7.81. The summed E-state index contributed by atoms with van der Waals surface area (Å²) in [5.74, 6) is -0.658. The van der Waals surface area contributed by atoms with Gasteiger partial charge in [-0.15, -0.1) is 0 Å². The monoisotopic (exact) mass is 374 g/mol. The molecular weight excluding hydrogens is 363 g/mol. The molecule has 23 heavy (non-hydrogen) atoms. The summed E-state index contributed by atoms with van der Waals surface area (Å²) in [6.07, 6.45) is -0.227. The maximum absolute atomic E-state index is 13.8. The van der Waals surface area contributed by atoms with E-state index in [9.17, 15) is 9.18 Å². The molecule has 1 amide bonds. The van der Waals surface area contributed by atoms with Crippen molar-refractivity contribution in [3.05, 3.63) is 58.3 Å². The number of carbonyl (C=O) groups excluding carboxylic acids is 1. The van der Waals surface area contributed by atoms with Crippen molar-refractivity contribution < 1.29 is 13.9 Å². The summed E-state index contributed by atoms with van der Waals surface area (Å²) in [5.41, 5.74) is 1.24. The standard InChI is InChI=1S/C17H12BrFN2O2/c18-12-3-6-15(14(19)9-12)23-16-7-8-21(17(16)22)13-4-1-11(10-20)2-5-13/h1-6,9,16H,7-8H2/t16-/m1/s1. The summed E-state index contributed by atoms with van der Waals surface area (Å²) in [6.45, 7) is 0.494. The summed E-state index contributed by atoms with van der Waals surface area (Å²) in [6, 6.07) is 13.3. The molecule has 0 saturated carbocycles. The number of hydrogen-bond acceptors (Lipinski definition) is 3. The Morgan fingerprint density at radius 2 is 2.00 bits per heavy atom. The molecule has 1 saturated heterocycles.